The van der Waals surface area contributed by atoms with Gasteiger partial charge in [-0.15, -0.1) is 0 Å². The molecular weight excluding hydrogens is 362 g/mol. The molecule has 2 aromatic carbocycles. The van der Waals surface area contributed by atoms with Crippen LogP contribution in [0.2, 0.25) is 0 Å². The van der Waals surface area contributed by atoms with Crippen molar-refractivity contribution in [1.82, 2.24) is 4.90 Å². The Kier molecular flexibility index (Phi) is 5.47. The molecular formula is C23H21N5O. The number of nitriles is 2. The average Bonchev–Trinajstić information content (AvgIpc) is 2.67. The predicted octanol–water partition coefficient (Wildman–Crippen LogP) is 3.34. The van der Waals surface area contributed by atoms with Crippen LogP contribution in [0.5, 0.6) is 0 Å². The second kappa shape index (κ2) is 8.00. The lowest BCUT2D eigenvalue weighted by atomic mass is 9.90. The standard InChI is InChI=1S/C23H21N5O/c1-14-3-6-18(9-20(14)22(27)21(11-25)15(2)26)23(29)28-12-19(13-28)17-7-4-16(10-24)5-8-17/h3-9,19,26H,12-13,27H2,1-2H3/b22-21-,26-15?. The fourth-order valence-corrected chi connectivity index (χ4v) is 3.39. The fourth-order valence-electron chi connectivity index (χ4n) is 3.39. The molecule has 1 heterocycles. The molecule has 0 bridgehead atoms. The van der Waals surface area contributed by atoms with Gasteiger partial charge in [0.05, 0.1) is 22.9 Å². The summed E-state index contributed by atoms with van der Waals surface area (Å²) in [7, 11) is 0. The third-order valence-electron chi connectivity index (χ3n) is 5.21. The largest absolute Gasteiger partial charge is 0.397 e. The number of likely N-dealkylation sites (tertiary alicyclic amines) is 1. The highest BCUT2D eigenvalue weighted by molar-refractivity contribution is 6.06. The highest BCUT2D eigenvalue weighted by atomic mass is 16.2. The Bertz CT molecular complexity index is 1090. The zero-order valence-corrected chi connectivity index (χ0v) is 16.4. The first kappa shape index (κ1) is 19.9. The van der Waals surface area contributed by atoms with Crippen LogP contribution in [-0.2, 0) is 0 Å². The molecule has 0 spiro atoms. The fraction of sp³-hybridized carbons (Fsp3) is 0.217. The van der Waals surface area contributed by atoms with E-state index in [4.69, 9.17) is 16.4 Å². The van der Waals surface area contributed by atoms with Crippen molar-refractivity contribution < 1.29 is 4.79 Å². The summed E-state index contributed by atoms with van der Waals surface area (Å²) >= 11 is 0. The van der Waals surface area contributed by atoms with E-state index in [1.165, 1.54) is 6.92 Å². The highest BCUT2D eigenvalue weighted by Crippen LogP contribution is 2.29. The monoisotopic (exact) mass is 383 g/mol. The molecule has 0 atom stereocenters. The van der Waals surface area contributed by atoms with Crippen LogP contribution in [0, 0.1) is 35.0 Å². The van der Waals surface area contributed by atoms with Crippen molar-refractivity contribution in [3.63, 3.8) is 0 Å². The number of carbonyl (C=O) groups is 1. The molecule has 0 aliphatic carbocycles. The maximum absolute atomic E-state index is 12.9. The number of nitrogens with two attached hydrogens (primary N) is 1. The number of rotatable bonds is 4. The summed E-state index contributed by atoms with van der Waals surface area (Å²) < 4.78 is 0. The predicted molar refractivity (Wildman–Crippen MR) is 111 cm³/mol. The Labute approximate surface area is 170 Å². The van der Waals surface area contributed by atoms with Crippen LogP contribution in [0.1, 0.15) is 45.5 Å². The summed E-state index contributed by atoms with van der Waals surface area (Å²) in [6, 6.07) is 16.8. The van der Waals surface area contributed by atoms with Gasteiger partial charge in [0.1, 0.15) is 6.07 Å². The normalized spacial score (nSPS) is 14.3. The van der Waals surface area contributed by atoms with Gasteiger partial charge in [0.25, 0.3) is 5.91 Å². The first-order chi connectivity index (χ1) is 13.8. The van der Waals surface area contributed by atoms with E-state index in [2.05, 4.69) is 6.07 Å². The zero-order valence-electron chi connectivity index (χ0n) is 16.4. The van der Waals surface area contributed by atoms with Crippen molar-refractivity contribution in [2.24, 2.45) is 5.73 Å². The minimum atomic E-state index is -0.0889. The van der Waals surface area contributed by atoms with Gasteiger partial charge in [-0.05, 0) is 49.2 Å². The van der Waals surface area contributed by atoms with E-state index in [-0.39, 0.29) is 28.8 Å². The molecule has 1 fully saturated rings. The maximum atomic E-state index is 12.9. The van der Waals surface area contributed by atoms with Crippen molar-refractivity contribution in [3.05, 3.63) is 75.9 Å². The third kappa shape index (κ3) is 3.88. The van der Waals surface area contributed by atoms with E-state index in [0.717, 1.165) is 11.1 Å². The van der Waals surface area contributed by atoms with Crippen molar-refractivity contribution >= 4 is 17.3 Å². The van der Waals surface area contributed by atoms with Gasteiger partial charge >= 0.3 is 0 Å². The summed E-state index contributed by atoms with van der Waals surface area (Å²) in [5.41, 5.74) is 10.2. The Hall–Kier alpha value is -3.90. The van der Waals surface area contributed by atoms with E-state index in [9.17, 15) is 10.1 Å². The number of allylic oxidation sites excluding steroid dienone is 1. The summed E-state index contributed by atoms with van der Waals surface area (Å²) in [4.78, 5) is 14.7. The molecule has 144 valence electrons. The molecule has 6 heteroatoms. The minimum Gasteiger partial charge on any atom is -0.397 e. The van der Waals surface area contributed by atoms with E-state index in [0.29, 0.717) is 29.8 Å². The molecule has 0 unspecified atom stereocenters. The van der Waals surface area contributed by atoms with Crippen LogP contribution in [0.3, 0.4) is 0 Å². The summed E-state index contributed by atoms with van der Waals surface area (Å²) in [6.45, 7) is 4.60. The maximum Gasteiger partial charge on any atom is 0.253 e. The van der Waals surface area contributed by atoms with Gasteiger partial charge in [-0.25, -0.2) is 0 Å². The van der Waals surface area contributed by atoms with Crippen molar-refractivity contribution in [2.75, 3.05) is 13.1 Å². The second-order valence-electron chi connectivity index (χ2n) is 7.20. The molecule has 3 rings (SSSR count). The Morgan fingerprint density at radius 2 is 1.83 bits per heavy atom. The van der Waals surface area contributed by atoms with Gasteiger partial charge in [-0.3, -0.25) is 4.79 Å². The van der Waals surface area contributed by atoms with Gasteiger partial charge in [0.2, 0.25) is 0 Å². The molecule has 2 aromatic rings. The molecule has 29 heavy (non-hydrogen) atoms. The van der Waals surface area contributed by atoms with Crippen LogP contribution < -0.4 is 5.73 Å². The molecule has 1 aliphatic rings. The quantitative estimate of drug-likeness (QED) is 0.622. The first-order valence-electron chi connectivity index (χ1n) is 9.21. The lowest BCUT2D eigenvalue weighted by molar-refractivity contribution is 0.0602. The highest BCUT2D eigenvalue weighted by Gasteiger charge is 2.32. The van der Waals surface area contributed by atoms with Crippen LogP contribution in [0.4, 0.5) is 0 Å². The molecule has 1 amide bonds. The number of hydrogen-bond acceptors (Lipinski definition) is 5. The van der Waals surface area contributed by atoms with Gasteiger partial charge in [0.15, 0.2) is 0 Å². The molecule has 0 radical (unpaired) electrons. The molecule has 1 aliphatic heterocycles. The minimum absolute atomic E-state index is 0.0889. The molecule has 3 N–H and O–H groups in total. The second-order valence-corrected chi connectivity index (χ2v) is 7.20. The number of nitrogens with one attached hydrogen (secondary N) is 1. The van der Waals surface area contributed by atoms with Crippen LogP contribution in [0.25, 0.3) is 5.70 Å². The SMILES string of the molecule is CC(=N)/C(C#N)=C(\N)c1cc(C(=O)N2CC(c3ccc(C#N)cc3)C2)ccc1C. The van der Waals surface area contributed by atoms with E-state index in [1.54, 1.807) is 29.2 Å². The summed E-state index contributed by atoms with van der Waals surface area (Å²) in [5.74, 6) is 0.168. The van der Waals surface area contributed by atoms with Crippen molar-refractivity contribution in [2.45, 2.75) is 19.8 Å². The average molecular weight is 383 g/mol. The molecule has 6 nitrogen and oxygen atoms in total. The molecule has 0 aromatic heterocycles. The lowest BCUT2D eigenvalue weighted by Crippen LogP contribution is -2.48. The number of carbonyl (C=O) groups excluding carboxylic acids is 1. The topological polar surface area (TPSA) is 118 Å². The smallest absolute Gasteiger partial charge is 0.253 e. The van der Waals surface area contributed by atoms with Gasteiger partial charge in [-0.2, -0.15) is 10.5 Å². The van der Waals surface area contributed by atoms with Gasteiger partial charge < -0.3 is 16.0 Å². The number of aryl methyl sites for hydroxylation is 1. The third-order valence-corrected chi connectivity index (χ3v) is 5.21. The number of nitrogens with zero attached hydrogens (tertiary/aromatic N) is 3. The van der Waals surface area contributed by atoms with Crippen molar-refractivity contribution in [1.29, 1.82) is 15.9 Å². The van der Waals surface area contributed by atoms with Crippen LogP contribution in [-0.4, -0.2) is 29.6 Å². The molecule has 0 saturated carbocycles. The van der Waals surface area contributed by atoms with Crippen LogP contribution >= 0.6 is 0 Å². The Balaban J connectivity index is 1.78. The zero-order chi connectivity index (χ0) is 21.1. The number of amides is 1. The summed E-state index contributed by atoms with van der Waals surface area (Å²) in [5, 5.41) is 25.9. The van der Waals surface area contributed by atoms with Gasteiger partial charge in [-0.1, -0.05) is 18.2 Å². The first-order valence-corrected chi connectivity index (χ1v) is 9.21. The van der Waals surface area contributed by atoms with E-state index >= 15 is 0 Å². The lowest BCUT2D eigenvalue weighted by Gasteiger charge is -2.39. The number of benzene rings is 2. The van der Waals surface area contributed by atoms with E-state index < -0.39 is 0 Å². The van der Waals surface area contributed by atoms with Crippen LogP contribution in [0.15, 0.2) is 48.0 Å². The Morgan fingerprint density at radius 3 is 2.38 bits per heavy atom. The van der Waals surface area contributed by atoms with Crippen molar-refractivity contribution in [3.8, 4) is 12.1 Å². The summed E-state index contributed by atoms with van der Waals surface area (Å²) in [6.07, 6.45) is 0. The molecule has 1 saturated heterocycles. The number of hydrogen-bond donors (Lipinski definition) is 2. The Morgan fingerprint density at radius 1 is 1.17 bits per heavy atom. The van der Waals surface area contributed by atoms with Gasteiger partial charge in [0, 0.05) is 35.8 Å². The van der Waals surface area contributed by atoms with E-state index in [1.807, 2.05) is 31.2 Å².